The summed E-state index contributed by atoms with van der Waals surface area (Å²) < 4.78 is 5.18. The lowest BCUT2D eigenvalue weighted by Gasteiger charge is -2.19. The highest BCUT2D eigenvalue weighted by atomic mass is 16.5. The Bertz CT molecular complexity index is 1010. The zero-order valence-corrected chi connectivity index (χ0v) is 23.7. The predicted octanol–water partition coefficient (Wildman–Crippen LogP) is 8.63. The van der Waals surface area contributed by atoms with Crippen molar-refractivity contribution in [2.45, 2.75) is 86.2 Å². The minimum Gasteiger partial charge on any atom is -0.508 e. The molecule has 0 aliphatic carbocycles. The number of esters is 1. The third-order valence-electron chi connectivity index (χ3n) is 6.81. The highest BCUT2D eigenvalue weighted by Crippen LogP contribution is 2.24. The molecule has 0 fully saturated rings. The van der Waals surface area contributed by atoms with Gasteiger partial charge in [-0.15, -0.1) is 0 Å². The van der Waals surface area contributed by atoms with E-state index in [0.717, 1.165) is 12.0 Å². The van der Waals surface area contributed by atoms with Gasteiger partial charge in [-0.05, 0) is 85.9 Å². The first-order valence-electron chi connectivity index (χ1n) is 13.3. The maximum atomic E-state index is 11.7. The van der Waals surface area contributed by atoms with Crippen molar-refractivity contribution in [3.63, 3.8) is 0 Å². The summed E-state index contributed by atoms with van der Waals surface area (Å²) >= 11 is 0. The van der Waals surface area contributed by atoms with Crippen molar-refractivity contribution in [3.05, 3.63) is 95.6 Å². The Hall–Kier alpha value is -3.11. The number of phenolic OH excluding ortho intramolecular Hbond substituents is 1. The van der Waals surface area contributed by atoms with Crippen molar-refractivity contribution in [2.75, 3.05) is 0 Å². The van der Waals surface area contributed by atoms with E-state index in [1.165, 1.54) is 36.1 Å². The van der Waals surface area contributed by atoms with Crippen molar-refractivity contribution in [1.29, 1.82) is 0 Å². The summed E-state index contributed by atoms with van der Waals surface area (Å²) in [6.45, 7) is 14.6. The monoisotopic (exact) mass is 506 g/mol. The molecule has 4 heteroatoms. The van der Waals surface area contributed by atoms with E-state index in [-0.39, 0.29) is 18.3 Å². The maximum absolute atomic E-state index is 11.7. The van der Waals surface area contributed by atoms with E-state index in [1.807, 2.05) is 32.9 Å². The van der Waals surface area contributed by atoms with Gasteiger partial charge in [-0.2, -0.15) is 0 Å². The van der Waals surface area contributed by atoms with Crippen LogP contribution in [0, 0.1) is 5.41 Å². The Morgan fingerprint density at radius 3 is 1.70 bits per heavy atom. The molecule has 0 aliphatic rings. The largest absolute Gasteiger partial charge is 0.508 e. The van der Waals surface area contributed by atoms with Crippen LogP contribution in [0.1, 0.15) is 96.3 Å². The third-order valence-corrected chi connectivity index (χ3v) is 6.81. The Morgan fingerprint density at radius 1 is 0.784 bits per heavy atom. The summed E-state index contributed by atoms with van der Waals surface area (Å²) in [5, 5.41) is 17.9. The summed E-state index contributed by atoms with van der Waals surface area (Å²) in [5.74, 6) is 1.69. The van der Waals surface area contributed by atoms with E-state index in [2.05, 4.69) is 70.2 Å². The molecule has 2 atom stereocenters. The van der Waals surface area contributed by atoms with Crippen LogP contribution in [-0.2, 0) is 11.4 Å². The summed E-state index contributed by atoms with van der Waals surface area (Å²) in [6, 6.07) is 24.9. The number of benzene rings is 3. The Kier molecular flexibility index (Phi) is 14.3. The molecule has 0 saturated carbocycles. The van der Waals surface area contributed by atoms with E-state index < -0.39 is 5.41 Å². The standard InChI is InChI=1S/C12H16O3.C11H16O.C10H14/c1-4-12(2,3)11(14)15-10-7-5-9(13)6-8-10;1-3-9(2)11-6-4-10(8-12)5-7-11;1-3-9(2)10-7-5-4-6-8-10/h5-8,13H,4H2,1-3H3;4-7,9,12H,3,8H2,1-2H3;4-9H,3H2,1-2H3. The molecule has 0 heterocycles. The quantitative estimate of drug-likeness (QED) is 0.237. The van der Waals surface area contributed by atoms with Gasteiger partial charge in [0.15, 0.2) is 0 Å². The Morgan fingerprint density at radius 2 is 1.27 bits per heavy atom. The van der Waals surface area contributed by atoms with Crippen LogP contribution in [0.5, 0.6) is 11.5 Å². The molecular formula is C33H46O4. The van der Waals surface area contributed by atoms with Crippen LogP contribution < -0.4 is 4.74 Å². The van der Waals surface area contributed by atoms with Crippen molar-refractivity contribution in [3.8, 4) is 11.5 Å². The average Bonchev–Trinajstić information content (AvgIpc) is 2.94. The number of carbonyl (C=O) groups excluding carboxylic acids is 1. The SMILES string of the molecule is CCC(C)(C)C(=O)Oc1ccc(O)cc1.CCC(C)c1ccc(CO)cc1.CCC(C)c1ccccc1. The molecule has 4 nitrogen and oxygen atoms in total. The van der Waals surface area contributed by atoms with Gasteiger partial charge in [-0.25, -0.2) is 0 Å². The second kappa shape index (κ2) is 16.6. The van der Waals surface area contributed by atoms with Gasteiger partial charge in [0.1, 0.15) is 11.5 Å². The lowest BCUT2D eigenvalue weighted by Crippen LogP contribution is -2.28. The first-order valence-corrected chi connectivity index (χ1v) is 13.3. The zero-order chi connectivity index (χ0) is 27.8. The Balaban J connectivity index is 0.000000283. The average molecular weight is 507 g/mol. The topological polar surface area (TPSA) is 66.8 Å². The molecule has 0 radical (unpaired) electrons. The molecule has 3 aromatic carbocycles. The van der Waals surface area contributed by atoms with Gasteiger partial charge in [0.05, 0.1) is 12.0 Å². The number of aliphatic hydroxyl groups is 1. The van der Waals surface area contributed by atoms with Gasteiger partial charge in [0.2, 0.25) is 0 Å². The van der Waals surface area contributed by atoms with Gasteiger partial charge in [-0.3, -0.25) is 4.79 Å². The summed E-state index contributed by atoms with van der Waals surface area (Å²) in [7, 11) is 0. The van der Waals surface area contributed by atoms with E-state index in [0.29, 0.717) is 17.6 Å². The predicted molar refractivity (Wildman–Crippen MR) is 154 cm³/mol. The molecular weight excluding hydrogens is 460 g/mol. The van der Waals surface area contributed by atoms with Crippen LogP contribution in [0.25, 0.3) is 0 Å². The van der Waals surface area contributed by atoms with Crippen molar-refractivity contribution in [2.24, 2.45) is 5.41 Å². The highest BCUT2D eigenvalue weighted by molar-refractivity contribution is 5.78. The van der Waals surface area contributed by atoms with E-state index in [4.69, 9.17) is 14.9 Å². The normalized spacial score (nSPS) is 12.2. The summed E-state index contributed by atoms with van der Waals surface area (Å²) in [6.07, 6.45) is 3.12. The fourth-order valence-corrected chi connectivity index (χ4v) is 3.11. The number of phenols is 1. The number of rotatable bonds is 8. The van der Waals surface area contributed by atoms with Crippen LogP contribution >= 0.6 is 0 Å². The molecule has 2 unspecified atom stereocenters. The molecule has 0 amide bonds. The lowest BCUT2D eigenvalue weighted by molar-refractivity contribution is -0.144. The number of hydrogen-bond donors (Lipinski definition) is 2. The second-order valence-corrected chi connectivity index (χ2v) is 10.0. The smallest absolute Gasteiger partial charge is 0.316 e. The van der Waals surface area contributed by atoms with Gasteiger partial charge < -0.3 is 14.9 Å². The van der Waals surface area contributed by atoms with E-state index >= 15 is 0 Å². The first kappa shape index (κ1) is 31.9. The number of ether oxygens (including phenoxy) is 1. The summed E-state index contributed by atoms with van der Waals surface area (Å²) in [4.78, 5) is 11.7. The minimum absolute atomic E-state index is 0.140. The fourth-order valence-electron chi connectivity index (χ4n) is 3.11. The fraction of sp³-hybridized carbons (Fsp3) is 0.424. The molecule has 0 saturated heterocycles. The molecule has 0 aromatic heterocycles. The van der Waals surface area contributed by atoms with Gasteiger partial charge in [0.25, 0.3) is 0 Å². The van der Waals surface area contributed by atoms with Crippen molar-refractivity contribution in [1.82, 2.24) is 0 Å². The van der Waals surface area contributed by atoms with Crippen LogP contribution in [0.4, 0.5) is 0 Å². The van der Waals surface area contributed by atoms with Crippen LogP contribution in [-0.4, -0.2) is 16.2 Å². The van der Waals surface area contributed by atoms with E-state index in [9.17, 15) is 4.79 Å². The number of aliphatic hydroxyl groups excluding tert-OH is 1. The number of aromatic hydroxyl groups is 1. The molecule has 37 heavy (non-hydrogen) atoms. The van der Waals surface area contributed by atoms with Crippen LogP contribution in [0.3, 0.4) is 0 Å². The molecule has 3 rings (SSSR count). The van der Waals surface area contributed by atoms with Crippen molar-refractivity contribution < 1.29 is 19.7 Å². The molecule has 2 N–H and O–H groups in total. The van der Waals surface area contributed by atoms with E-state index in [1.54, 1.807) is 12.1 Å². The molecule has 0 spiro atoms. The van der Waals surface area contributed by atoms with Crippen LogP contribution in [0.15, 0.2) is 78.9 Å². The van der Waals surface area contributed by atoms with Gasteiger partial charge in [0, 0.05) is 0 Å². The maximum Gasteiger partial charge on any atom is 0.316 e. The Labute approximate surface area is 224 Å². The minimum atomic E-state index is -0.474. The zero-order valence-electron chi connectivity index (χ0n) is 23.7. The summed E-state index contributed by atoms with van der Waals surface area (Å²) in [5.41, 5.74) is 3.32. The van der Waals surface area contributed by atoms with Crippen molar-refractivity contribution >= 4 is 5.97 Å². The number of hydrogen-bond acceptors (Lipinski definition) is 4. The van der Waals surface area contributed by atoms with Crippen LogP contribution in [0.2, 0.25) is 0 Å². The molecule has 0 bridgehead atoms. The van der Waals surface area contributed by atoms with Gasteiger partial charge >= 0.3 is 5.97 Å². The second-order valence-electron chi connectivity index (χ2n) is 10.0. The van der Waals surface area contributed by atoms with Gasteiger partial charge in [-0.1, -0.05) is 89.2 Å². The third kappa shape index (κ3) is 11.7. The molecule has 3 aromatic rings. The molecule has 0 aliphatic heterocycles. The number of carbonyl (C=O) groups is 1. The first-order chi connectivity index (χ1) is 17.6. The lowest BCUT2D eigenvalue weighted by atomic mass is 9.91. The highest BCUT2D eigenvalue weighted by Gasteiger charge is 2.27. The molecule has 202 valence electrons.